The molecule has 132 valence electrons. The van der Waals surface area contributed by atoms with E-state index in [1.165, 1.54) is 23.3 Å². The van der Waals surface area contributed by atoms with Crippen LogP contribution >= 0.6 is 0 Å². The summed E-state index contributed by atoms with van der Waals surface area (Å²) < 4.78 is 13.4. The molecule has 1 aliphatic rings. The molecule has 3 nitrogen and oxygen atoms in total. The van der Waals surface area contributed by atoms with Crippen molar-refractivity contribution in [2.24, 2.45) is 5.92 Å². The van der Waals surface area contributed by atoms with Crippen LogP contribution in [0.1, 0.15) is 41.1 Å². The number of halogens is 1. The van der Waals surface area contributed by atoms with Gasteiger partial charge in [-0.25, -0.2) is 4.39 Å². The first-order chi connectivity index (χ1) is 12.0. The van der Waals surface area contributed by atoms with Crippen molar-refractivity contribution in [3.8, 4) is 0 Å². The Morgan fingerprint density at radius 3 is 2.56 bits per heavy atom. The molecule has 1 aliphatic heterocycles. The Bertz CT molecular complexity index is 757. The highest BCUT2D eigenvalue weighted by atomic mass is 19.1. The van der Waals surface area contributed by atoms with Crippen LogP contribution in [-0.2, 0) is 4.79 Å². The summed E-state index contributed by atoms with van der Waals surface area (Å²) in [6, 6.07) is 12.9. The Hall–Kier alpha value is -2.20. The number of aryl methyl sites for hydroxylation is 2. The van der Waals surface area contributed by atoms with E-state index >= 15 is 0 Å². The molecule has 1 fully saturated rings. The maximum atomic E-state index is 13.4. The molecule has 25 heavy (non-hydrogen) atoms. The number of piperidine rings is 1. The van der Waals surface area contributed by atoms with Crippen LogP contribution in [0.5, 0.6) is 0 Å². The molecule has 0 aromatic heterocycles. The zero-order valence-corrected chi connectivity index (χ0v) is 14.7. The molecule has 1 saturated heterocycles. The number of carboxylic acid groups (broad SMARTS) is 1. The first kappa shape index (κ1) is 17.6. The molecule has 2 unspecified atom stereocenters. The summed E-state index contributed by atoms with van der Waals surface area (Å²) >= 11 is 0. The van der Waals surface area contributed by atoms with Crippen LogP contribution in [-0.4, -0.2) is 29.1 Å². The van der Waals surface area contributed by atoms with E-state index in [-0.39, 0.29) is 17.8 Å². The normalized spacial score (nSPS) is 19.6. The van der Waals surface area contributed by atoms with Gasteiger partial charge in [-0.15, -0.1) is 0 Å². The van der Waals surface area contributed by atoms with Crippen LogP contribution in [0.3, 0.4) is 0 Å². The Kier molecular flexibility index (Phi) is 5.19. The lowest BCUT2D eigenvalue weighted by Crippen LogP contribution is -2.41. The Morgan fingerprint density at radius 2 is 1.92 bits per heavy atom. The highest BCUT2D eigenvalue weighted by Gasteiger charge is 2.31. The molecule has 0 aliphatic carbocycles. The van der Waals surface area contributed by atoms with Crippen LogP contribution in [0.2, 0.25) is 0 Å². The van der Waals surface area contributed by atoms with Crippen LogP contribution in [0.25, 0.3) is 0 Å². The SMILES string of the molecule is Cc1ccc(C(c2ccc(F)cc2)N2CCCC(C(=O)O)C2)c(C)c1. The van der Waals surface area contributed by atoms with Crippen LogP contribution in [0, 0.1) is 25.6 Å². The molecular weight excluding hydrogens is 317 g/mol. The summed E-state index contributed by atoms with van der Waals surface area (Å²) in [7, 11) is 0. The maximum Gasteiger partial charge on any atom is 0.307 e. The minimum atomic E-state index is -0.733. The van der Waals surface area contributed by atoms with Gasteiger partial charge in [-0.2, -0.15) is 0 Å². The number of carboxylic acids is 1. The van der Waals surface area contributed by atoms with Gasteiger partial charge in [0.25, 0.3) is 0 Å². The monoisotopic (exact) mass is 341 g/mol. The van der Waals surface area contributed by atoms with Crippen LogP contribution in [0.15, 0.2) is 42.5 Å². The van der Waals surface area contributed by atoms with Gasteiger partial charge in [0.2, 0.25) is 0 Å². The highest BCUT2D eigenvalue weighted by molar-refractivity contribution is 5.70. The highest BCUT2D eigenvalue weighted by Crippen LogP contribution is 2.34. The van der Waals surface area contributed by atoms with E-state index in [2.05, 4.69) is 36.9 Å². The molecule has 0 bridgehead atoms. The molecule has 2 aromatic rings. The van der Waals surface area contributed by atoms with Crippen molar-refractivity contribution in [2.75, 3.05) is 13.1 Å². The van der Waals surface area contributed by atoms with Crippen molar-refractivity contribution < 1.29 is 14.3 Å². The fraction of sp³-hybridized carbons (Fsp3) is 0.381. The second kappa shape index (κ2) is 7.36. The molecule has 3 rings (SSSR count). The lowest BCUT2D eigenvalue weighted by atomic mass is 9.89. The maximum absolute atomic E-state index is 13.4. The Labute approximate surface area is 148 Å². The molecule has 4 heteroatoms. The van der Waals surface area contributed by atoms with E-state index in [0.29, 0.717) is 6.54 Å². The Balaban J connectivity index is 2.02. The number of likely N-dealkylation sites (tertiary alicyclic amines) is 1. The largest absolute Gasteiger partial charge is 0.481 e. The first-order valence-electron chi connectivity index (χ1n) is 8.75. The third-order valence-corrected chi connectivity index (χ3v) is 5.07. The van der Waals surface area contributed by atoms with Crippen molar-refractivity contribution >= 4 is 5.97 Å². The topological polar surface area (TPSA) is 40.5 Å². The van der Waals surface area contributed by atoms with Crippen molar-refractivity contribution in [3.05, 3.63) is 70.5 Å². The molecular formula is C21H24FNO2. The van der Waals surface area contributed by atoms with Gasteiger partial charge in [-0.05, 0) is 62.1 Å². The molecule has 0 radical (unpaired) electrons. The second-order valence-corrected chi connectivity index (χ2v) is 6.99. The number of carbonyl (C=O) groups is 1. The lowest BCUT2D eigenvalue weighted by molar-refractivity contribution is -0.143. The molecule has 2 aromatic carbocycles. The quantitative estimate of drug-likeness (QED) is 0.900. The average Bonchev–Trinajstić information content (AvgIpc) is 2.59. The number of hydrogen-bond donors (Lipinski definition) is 1. The summed E-state index contributed by atoms with van der Waals surface area (Å²) in [4.78, 5) is 13.7. The Morgan fingerprint density at radius 1 is 1.20 bits per heavy atom. The van der Waals surface area contributed by atoms with Gasteiger partial charge < -0.3 is 5.11 Å². The lowest BCUT2D eigenvalue weighted by Gasteiger charge is -2.38. The van der Waals surface area contributed by atoms with Gasteiger partial charge in [0.05, 0.1) is 12.0 Å². The van der Waals surface area contributed by atoms with E-state index in [9.17, 15) is 14.3 Å². The number of benzene rings is 2. The van der Waals surface area contributed by atoms with Crippen molar-refractivity contribution in [3.63, 3.8) is 0 Å². The van der Waals surface area contributed by atoms with Gasteiger partial charge in [-0.3, -0.25) is 9.69 Å². The van der Waals surface area contributed by atoms with Crippen molar-refractivity contribution in [1.82, 2.24) is 4.90 Å². The van der Waals surface area contributed by atoms with Crippen molar-refractivity contribution in [2.45, 2.75) is 32.7 Å². The molecule has 0 spiro atoms. The third kappa shape index (κ3) is 3.90. The molecule has 1 heterocycles. The van der Waals surface area contributed by atoms with Gasteiger partial charge in [0.15, 0.2) is 0 Å². The second-order valence-electron chi connectivity index (χ2n) is 6.99. The zero-order chi connectivity index (χ0) is 18.0. The number of rotatable bonds is 4. The van der Waals surface area contributed by atoms with Gasteiger partial charge in [0.1, 0.15) is 5.82 Å². The zero-order valence-electron chi connectivity index (χ0n) is 14.7. The number of nitrogens with zero attached hydrogens (tertiary/aromatic N) is 1. The smallest absolute Gasteiger partial charge is 0.307 e. The fourth-order valence-electron chi connectivity index (χ4n) is 3.81. The molecule has 1 N–H and O–H groups in total. The summed E-state index contributed by atoms with van der Waals surface area (Å²) in [6.45, 7) is 5.51. The predicted molar refractivity (Wildman–Crippen MR) is 96.1 cm³/mol. The minimum absolute atomic E-state index is 0.0525. The standard InChI is InChI=1S/C21H24FNO2/c1-14-5-10-19(15(2)12-14)20(16-6-8-18(22)9-7-16)23-11-3-4-17(13-23)21(24)25/h5-10,12,17,20H,3-4,11,13H2,1-2H3,(H,24,25). The summed E-state index contributed by atoms with van der Waals surface area (Å²) in [5, 5.41) is 9.43. The average molecular weight is 341 g/mol. The third-order valence-electron chi connectivity index (χ3n) is 5.07. The molecule has 0 saturated carbocycles. The van der Waals surface area contributed by atoms with E-state index in [1.807, 2.05) is 12.1 Å². The molecule has 0 amide bonds. The van der Waals surface area contributed by atoms with Gasteiger partial charge in [0, 0.05) is 6.54 Å². The number of aliphatic carboxylic acids is 1. The molecule has 2 atom stereocenters. The van der Waals surface area contributed by atoms with Gasteiger partial charge in [-0.1, -0.05) is 35.9 Å². The summed E-state index contributed by atoms with van der Waals surface area (Å²) in [6.07, 6.45) is 1.58. The van der Waals surface area contributed by atoms with Crippen LogP contribution in [0.4, 0.5) is 4.39 Å². The van der Waals surface area contributed by atoms with E-state index in [0.717, 1.165) is 30.5 Å². The van der Waals surface area contributed by atoms with E-state index in [1.54, 1.807) is 0 Å². The van der Waals surface area contributed by atoms with Crippen molar-refractivity contribution in [1.29, 1.82) is 0 Å². The fourth-order valence-corrected chi connectivity index (χ4v) is 3.81. The first-order valence-corrected chi connectivity index (χ1v) is 8.75. The minimum Gasteiger partial charge on any atom is -0.481 e. The van der Waals surface area contributed by atoms with Gasteiger partial charge >= 0.3 is 5.97 Å². The van der Waals surface area contributed by atoms with E-state index in [4.69, 9.17) is 0 Å². The van der Waals surface area contributed by atoms with E-state index < -0.39 is 5.97 Å². The summed E-state index contributed by atoms with van der Waals surface area (Å²) in [5.74, 6) is -1.34. The summed E-state index contributed by atoms with van der Waals surface area (Å²) in [5.41, 5.74) is 4.52. The predicted octanol–water partition coefficient (Wildman–Crippen LogP) is 4.33. The van der Waals surface area contributed by atoms with Crippen LogP contribution < -0.4 is 0 Å². The number of hydrogen-bond acceptors (Lipinski definition) is 2.